The van der Waals surface area contributed by atoms with Gasteiger partial charge >= 0.3 is 5.97 Å². The molecule has 8 nitrogen and oxygen atoms in total. The summed E-state index contributed by atoms with van der Waals surface area (Å²) in [5, 5.41) is 10.9. The van der Waals surface area contributed by atoms with Crippen LogP contribution in [0.1, 0.15) is 26.3 Å². The van der Waals surface area contributed by atoms with E-state index < -0.39 is 28.7 Å². The lowest BCUT2D eigenvalue weighted by molar-refractivity contribution is -0.384. The molecule has 0 N–H and O–H groups in total. The van der Waals surface area contributed by atoms with Gasteiger partial charge in [0.15, 0.2) is 0 Å². The van der Waals surface area contributed by atoms with Gasteiger partial charge in [0.05, 0.1) is 23.2 Å². The molecule has 0 aromatic heterocycles. The summed E-state index contributed by atoms with van der Waals surface area (Å²) in [6, 6.07) is 10.7. The maximum Gasteiger partial charge on any atom is 0.329 e. The van der Waals surface area contributed by atoms with Crippen molar-refractivity contribution in [3.63, 3.8) is 0 Å². The fourth-order valence-corrected chi connectivity index (χ4v) is 2.93. The molecule has 1 aliphatic rings. The van der Waals surface area contributed by atoms with E-state index in [4.69, 9.17) is 4.74 Å². The number of nitrogens with zero attached hydrogens (tertiary/aromatic N) is 2. The number of benzene rings is 2. The summed E-state index contributed by atoms with van der Waals surface area (Å²) in [6.45, 7) is 0. The topological polar surface area (TPSA) is 107 Å². The SMILES string of the molecule is COC(=O)[C@H](Cc1cccc([N+](=O)[O-])c1)N1C(=O)c2ccccc2C1=O. The van der Waals surface area contributed by atoms with Crippen LogP contribution >= 0.6 is 0 Å². The highest BCUT2D eigenvalue weighted by molar-refractivity contribution is 6.22. The number of carbonyl (C=O) groups is 3. The predicted molar refractivity (Wildman–Crippen MR) is 89.5 cm³/mol. The zero-order valence-corrected chi connectivity index (χ0v) is 13.7. The van der Waals surface area contributed by atoms with Crippen molar-refractivity contribution in [2.45, 2.75) is 12.5 Å². The Morgan fingerprint density at radius 2 is 1.73 bits per heavy atom. The second-order valence-electron chi connectivity index (χ2n) is 5.70. The third kappa shape index (κ3) is 2.92. The number of amides is 2. The van der Waals surface area contributed by atoms with Gasteiger partial charge in [0.25, 0.3) is 17.5 Å². The van der Waals surface area contributed by atoms with Gasteiger partial charge in [-0.2, -0.15) is 0 Å². The number of carbonyl (C=O) groups excluding carboxylic acids is 3. The lowest BCUT2D eigenvalue weighted by Crippen LogP contribution is -2.46. The van der Waals surface area contributed by atoms with E-state index in [1.54, 1.807) is 18.2 Å². The number of methoxy groups -OCH3 is 1. The van der Waals surface area contributed by atoms with Crippen LogP contribution in [0.5, 0.6) is 0 Å². The van der Waals surface area contributed by atoms with Gasteiger partial charge < -0.3 is 4.74 Å². The maximum atomic E-state index is 12.6. The maximum absolute atomic E-state index is 12.6. The lowest BCUT2D eigenvalue weighted by Gasteiger charge is -2.24. The monoisotopic (exact) mass is 354 g/mol. The molecule has 0 saturated carbocycles. The minimum atomic E-state index is -1.21. The molecule has 2 aromatic rings. The molecule has 1 atom stereocenters. The van der Waals surface area contributed by atoms with Crippen LogP contribution in [-0.2, 0) is 16.0 Å². The minimum Gasteiger partial charge on any atom is -0.467 e. The lowest BCUT2D eigenvalue weighted by atomic mass is 10.0. The van der Waals surface area contributed by atoms with Crippen LogP contribution in [0.2, 0.25) is 0 Å². The molecule has 0 aliphatic carbocycles. The molecule has 0 unspecified atom stereocenters. The van der Waals surface area contributed by atoms with Crippen molar-refractivity contribution < 1.29 is 24.0 Å². The van der Waals surface area contributed by atoms with E-state index in [9.17, 15) is 24.5 Å². The van der Waals surface area contributed by atoms with E-state index in [-0.39, 0.29) is 23.2 Å². The summed E-state index contributed by atoms with van der Waals surface area (Å²) in [6.07, 6.45) is -0.0835. The largest absolute Gasteiger partial charge is 0.467 e. The molecule has 0 radical (unpaired) electrons. The number of hydrogen-bond donors (Lipinski definition) is 0. The van der Waals surface area contributed by atoms with E-state index in [0.717, 1.165) is 12.0 Å². The Morgan fingerprint density at radius 3 is 2.27 bits per heavy atom. The van der Waals surface area contributed by atoms with Crippen LogP contribution in [0.15, 0.2) is 48.5 Å². The number of imide groups is 1. The molecule has 0 saturated heterocycles. The molecule has 2 aromatic carbocycles. The minimum absolute atomic E-state index is 0.0835. The van der Waals surface area contributed by atoms with Crippen LogP contribution in [0, 0.1) is 10.1 Å². The van der Waals surface area contributed by atoms with Gasteiger partial charge in [0, 0.05) is 18.6 Å². The quantitative estimate of drug-likeness (QED) is 0.352. The molecule has 0 spiro atoms. The van der Waals surface area contributed by atoms with E-state index in [0.29, 0.717) is 5.56 Å². The summed E-state index contributed by atoms with van der Waals surface area (Å²) in [4.78, 5) is 48.7. The Morgan fingerprint density at radius 1 is 1.12 bits per heavy atom. The molecule has 8 heteroatoms. The predicted octanol–water partition coefficient (Wildman–Crippen LogP) is 1.98. The summed E-state index contributed by atoms with van der Waals surface area (Å²) < 4.78 is 4.75. The van der Waals surface area contributed by atoms with E-state index >= 15 is 0 Å². The first-order chi connectivity index (χ1) is 12.4. The van der Waals surface area contributed by atoms with Crippen molar-refractivity contribution in [2.24, 2.45) is 0 Å². The summed E-state index contributed by atoms with van der Waals surface area (Å²) in [5.74, 6) is -1.95. The summed E-state index contributed by atoms with van der Waals surface area (Å²) in [5.41, 5.74) is 0.718. The first-order valence-corrected chi connectivity index (χ1v) is 7.72. The number of nitro benzene ring substituents is 1. The summed E-state index contributed by atoms with van der Waals surface area (Å²) in [7, 11) is 1.15. The Bertz CT molecular complexity index is 888. The van der Waals surface area contributed by atoms with Gasteiger partial charge in [-0.3, -0.25) is 24.6 Å². The highest BCUT2D eigenvalue weighted by Gasteiger charge is 2.43. The van der Waals surface area contributed by atoms with Crippen molar-refractivity contribution >= 4 is 23.5 Å². The molecule has 0 bridgehead atoms. The smallest absolute Gasteiger partial charge is 0.329 e. The number of non-ortho nitro benzene ring substituents is 1. The molecule has 3 rings (SSSR count). The number of esters is 1. The van der Waals surface area contributed by atoms with E-state index in [2.05, 4.69) is 0 Å². The number of ether oxygens (including phenoxy) is 1. The molecule has 132 valence electrons. The Hall–Kier alpha value is -3.55. The molecular formula is C18H14N2O6. The zero-order valence-electron chi connectivity index (χ0n) is 13.7. The van der Waals surface area contributed by atoms with Gasteiger partial charge in [-0.25, -0.2) is 4.79 Å². The van der Waals surface area contributed by atoms with Gasteiger partial charge in [-0.05, 0) is 17.7 Å². The molecule has 1 aliphatic heterocycles. The van der Waals surface area contributed by atoms with Crippen molar-refractivity contribution in [3.8, 4) is 0 Å². The zero-order chi connectivity index (χ0) is 18.8. The van der Waals surface area contributed by atoms with Gasteiger partial charge in [-0.1, -0.05) is 24.3 Å². The molecule has 0 fully saturated rings. The molecular weight excluding hydrogens is 340 g/mol. The third-order valence-corrected chi connectivity index (χ3v) is 4.16. The highest BCUT2D eigenvalue weighted by atomic mass is 16.6. The molecule has 26 heavy (non-hydrogen) atoms. The van der Waals surface area contributed by atoms with Crippen LogP contribution in [0.3, 0.4) is 0 Å². The first-order valence-electron chi connectivity index (χ1n) is 7.72. The Labute approximate surface area is 148 Å². The van der Waals surface area contributed by atoms with Gasteiger partial charge in [-0.15, -0.1) is 0 Å². The van der Waals surface area contributed by atoms with Crippen molar-refractivity contribution in [1.82, 2.24) is 4.90 Å². The fourth-order valence-electron chi connectivity index (χ4n) is 2.93. The van der Waals surface area contributed by atoms with E-state index in [1.165, 1.54) is 30.3 Å². The number of fused-ring (bicyclic) bond motifs is 1. The average molecular weight is 354 g/mol. The second kappa shape index (κ2) is 6.75. The second-order valence-corrected chi connectivity index (χ2v) is 5.70. The fraction of sp³-hybridized carbons (Fsp3) is 0.167. The highest BCUT2D eigenvalue weighted by Crippen LogP contribution is 2.27. The third-order valence-electron chi connectivity index (χ3n) is 4.16. The van der Waals surface area contributed by atoms with Gasteiger partial charge in [0.2, 0.25) is 0 Å². The summed E-state index contributed by atoms with van der Waals surface area (Å²) >= 11 is 0. The first kappa shape index (κ1) is 17.3. The van der Waals surface area contributed by atoms with Crippen LogP contribution < -0.4 is 0 Å². The van der Waals surface area contributed by atoms with Crippen LogP contribution in [0.25, 0.3) is 0 Å². The van der Waals surface area contributed by atoms with Crippen molar-refractivity contribution in [1.29, 1.82) is 0 Å². The standard InChI is InChI=1S/C18H14N2O6/c1-26-18(23)15(10-11-5-4-6-12(9-11)20(24)25)19-16(21)13-7-2-3-8-14(13)17(19)22/h2-9,15H,10H2,1H3/t15-/m0/s1. The number of hydrogen-bond acceptors (Lipinski definition) is 6. The molecule has 2 amide bonds. The Kier molecular flexibility index (Phi) is 4.49. The Balaban J connectivity index is 1.97. The van der Waals surface area contributed by atoms with E-state index in [1.807, 2.05) is 0 Å². The van der Waals surface area contributed by atoms with Crippen LogP contribution in [-0.4, -0.2) is 40.8 Å². The van der Waals surface area contributed by atoms with Gasteiger partial charge in [0.1, 0.15) is 6.04 Å². The molecule has 1 heterocycles. The average Bonchev–Trinajstić information content (AvgIpc) is 2.90. The van der Waals surface area contributed by atoms with Crippen molar-refractivity contribution in [3.05, 3.63) is 75.3 Å². The normalized spacial score (nSPS) is 14.1. The van der Waals surface area contributed by atoms with Crippen LogP contribution in [0.4, 0.5) is 5.69 Å². The number of rotatable bonds is 5. The van der Waals surface area contributed by atoms with Crippen molar-refractivity contribution in [2.75, 3.05) is 7.11 Å². The number of nitro groups is 1.